The van der Waals surface area contributed by atoms with Crippen molar-refractivity contribution in [2.75, 3.05) is 0 Å². The largest absolute Gasteiger partial charge is 0.0807 e. The minimum atomic E-state index is 1.02. The predicted molar refractivity (Wildman–Crippen MR) is 162 cm³/mol. The number of fused-ring (bicyclic) bond motifs is 3. The van der Waals surface area contributed by atoms with E-state index < -0.39 is 0 Å². The lowest BCUT2D eigenvalue weighted by Gasteiger charge is -2.03. The van der Waals surface area contributed by atoms with Crippen LogP contribution in [0.1, 0.15) is 108 Å². The van der Waals surface area contributed by atoms with E-state index in [1.54, 1.807) is 0 Å². The first-order valence-corrected chi connectivity index (χ1v) is 16.0. The van der Waals surface area contributed by atoms with Crippen molar-refractivity contribution < 1.29 is 0 Å². The van der Waals surface area contributed by atoms with Gasteiger partial charge in [-0.05, 0) is 28.7 Å². The third-order valence-corrected chi connectivity index (χ3v) is 8.68. The van der Waals surface area contributed by atoms with E-state index in [1.165, 1.54) is 123 Å². The summed E-state index contributed by atoms with van der Waals surface area (Å²) in [6.07, 6.45) is 21.5. The molecule has 0 fully saturated rings. The normalized spacial score (nSPS) is 11.5. The summed E-state index contributed by atoms with van der Waals surface area (Å²) in [5, 5.41) is 1.53. The molecule has 4 rings (SSSR count). The summed E-state index contributed by atoms with van der Waals surface area (Å²) in [4.78, 5) is 0. The molecule has 0 aromatic heterocycles. The summed E-state index contributed by atoms with van der Waals surface area (Å²) in [6.45, 7) is 2.30. The van der Waals surface area contributed by atoms with Gasteiger partial charge >= 0.3 is 0 Å². The van der Waals surface area contributed by atoms with Crippen LogP contribution in [0.5, 0.6) is 0 Å². The van der Waals surface area contributed by atoms with Gasteiger partial charge in [-0.15, -0.1) is 0 Å². The van der Waals surface area contributed by atoms with Crippen LogP contribution in [-0.2, 0) is 6.42 Å². The van der Waals surface area contributed by atoms with Crippen molar-refractivity contribution in [2.24, 2.45) is 0 Å². The van der Waals surface area contributed by atoms with Gasteiger partial charge in [0, 0.05) is 0 Å². The Morgan fingerprint density at radius 2 is 0.889 bits per heavy atom. The Bertz CT molecular complexity index is 902. The van der Waals surface area contributed by atoms with E-state index >= 15 is 0 Å². The highest BCUT2D eigenvalue weighted by Crippen LogP contribution is 2.35. The van der Waals surface area contributed by atoms with Crippen LogP contribution in [0, 0.1) is 0 Å². The van der Waals surface area contributed by atoms with Crippen LogP contribution in [-0.4, -0.2) is 9.52 Å². The van der Waals surface area contributed by atoms with Crippen molar-refractivity contribution in [3.63, 3.8) is 0 Å². The van der Waals surface area contributed by atoms with Crippen LogP contribution >= 0.6 is 0 Å². The average Bonchev–Trinajstić information content (AvgIpc) is 3.31. The number of rotatable bonds is 16. The minimum Gasteiger partial charge on any atom is -0.0654 e. The van der Waals surface area contributed by atoms with E-state index in [4.69, 9.17) is 0 Å². The van der Waals surface area contributed by atoms with E-state index in [1.807, 2.05) is 0 Å². The van der Waals surface area contributed by atoms with Crippen molar-refractivity contribution in [1.82, 2.24) is 0 Å². The molecule has 0 spiro atoms. The predicted octanol–water partition coefficient (Wildman–Crippen LogP) is 10.2. The van der Waals surface area contributed by atoms with Crippen molar-refractivity contribution in [3.8, 4) is 11.1 Å². The van der Waals surface area contributed by atoms with Gasteiger partial charge in [-0.3, -0.25) is 0 Å². The molecule has 0 amide bonds. The highest BCUT2D eigenvalue weighted by molar-refractivity contribution is 6.53. The first-order chi connectivity index (χ1) is 17.9. The zero-order chi connectivity index (χ0) is 25.1. The molecule has 2 radical (unpaired) electrons. The SMILES string of the molecule is CCCCCCCCCCCCCCCC[Si]c1ccccc1.c1ccc2c(c1)Cc1ccccc1-2. The molecule has 0 nitrogen and oxygen atoms in total. The first-order valence-electron chi connectivity index (χ1n) is 14.8. The van der Waals surface area contributed by atoms with Crippen LogP contribution in [0.3, 0.4) is 0 Å². The second-order valence-electron chi connectivity index (χ2n) is 10.4. The summed E-state index contributed by atoms with van der Waals surface area (Å²) in [7, 11) is 1.02. The van der Waals surface area contributed by atoms with Gasteiger partial charge < -0.3 is 0 Å². The zero-order valence-electron chi connectivity index (χ0n) is 22.8. The number of unbranched alkanes of at least 4 members (excludes halogenated alkanes) is 13. The van der Waals surface area contributed by atoms with Gasteiger partial charge in [0.1, 0.15) is 0 Å². The van der Waals surface area contributed by atoms with Gasteiger partial charge in [-0.1, -0.05) is 187 Å². The topological polar surface area (TPSA) is 0 Å². The number of hydrogen-bond acceptors (Lipinski definition) is 0. The molecule has 0 bridgehead atoms. The van der Waals surface area contributed by atoms with Crippen LogP contribution in [0.15, 0.2) is 78.9 Å². The molecule has 0 atom stereocenters. The quantitative estimate of drug-likeness (QED) is 0.107. The summed E-state index contributed by atoms with van der Waals surface area (Å²) >= 11 is 0. The number of benzene rings is 3. The lowest BCUT2D eigenvalue weighted by Crippen LogP contribution is -2.12. The van der Waals surface area contributed by atoms with Gasteiger partial charge in [0.25, 0.3) is 0 Å². The molecule has 0 heterocycles. The van der Waals surface area contributed by atoms with Gasteiger partial charge in [0.2, 0.25) is 0 Å². The third kappa shape index (κ3) is 10.9. The fraction of sp³-hybridized carbons (Fsp3) is 0.486. The van der Waals surface area contributed by atoms with Crippen molar-refractivity contribution in [1.29, 1.82) is 0 Å². The fourth-order valence-electron chi connectivity index (χ4n) is 5.19. The highest BCUT2D eigenvalue weighted by atomic mass is 28.2. The van der Waals surface area contributed by atoms with Crippen molar-refractivity contribution >= 4 is 14.7 Å². The molecule has 1 heteroatoms. The zero-order valence-corrected chi connectivity index (χ0v) is 23.8. The second kappa shape index (κ2) is 18.2. The molecule has 1 aliphatic rings. The Hall–Kier alpha value is -2.12. The molecule has 0 saturated heterocycles. The van der Waals surface area contributed by atoms with Crippen LogP contribution < -0.4 is 5.19 Å². The molecule has 3 aromatic carbocycles. The molecule has 0 saturated carbocycles. The maximum atomic E-state index is 2.30. The van der Waals surface area contributed by atoms with E-state index in [-0.39, 0.29) is 0 Å². The van der Waals surface area contributed by atoms with E-state index in [2.05, 4.69) is 85.8 Å². The van der Waals surface area contributed by atoms with Gasteiger partial charge in [0.15, 0.2) is 0 Å². The molecule has 0 aliphatic heterocycles. The Morgan fingerprint density at radius 1 is 0.472 bits per heavy atom. The molecule has 192 valence electrons. The summed E-state index contributed by atoms with van der Waals surface area (Å²) < 4.78 is 0. The Morgan fingerprint density at radius 3 is 1.39 bits per heavy atom. The van der Waals surface area contributed by atoms with Crippen LogP contribution in [0.2, 0.25) is 6.04 Å². The lowest BCUT2D eigenvalue weighted by molar-refractivity contribution is 0.538. The molecular formula is C35H48Si. The van der Waals surface area contributed by atoms with Gasteiger partial charge in [-0.2, -0.15) is 0 Å². The molecular weight excluding hydrogens is 448 g/mol. The van der Waals surface area contributed by atoms with Gasteiger partial charge in [0.05, 0.1) is 9.52 Å². The molecule has 36 heavy (non-hydrogen) atoms. The number of hydrogen-bond donors (Lipinski definition) is 0. The van der Waals surface area contributed by atoms with Crippen molar-refractivity contribution in [3.05, 3.63) is 90.0 Å². The Kier molecular flexibility index (Phi) is 14.4. The third-order valence-electron chi connectivity index (χ3n) is 7.34. The summed E-state index contributed by atoms with van der Waals surface area (Å²) in [5.74, 6) is 0. The molecule has 0 unspecified atom stereocenters. The average molecular weight is 497 g/mol. The molecule has 0 N–H and O–H groups in total. The first kappa shape index (κ1) is 28.4. The van der Waals surface area contributed by atoms with E-state index in [0.717, 1.165) is 15.9 Å². The van der Waals surface area contributed by atoms with E-state index in [0.29, 0.717) is 0 Å². The maximum absolute atomic E-state index is 2.30. The molecule has 3 aromatic rings. The smallest absolute Gasteiger partial charge is 0.0654 e. The van der Waals surface area contributed by atoms with Crippen molar-refractivity contribution in [2.45, 2.75) is 109 Å². The minimum absolute atomic E-state index is 1.02. The maximum Gasteiger partial charge on any atom is 0.0807 e. The Labute approximate surface area is 224 Å². The summed E-state index contributed by atoms with van der Waals surface area (Å²) in [5.41, 5.74) is 5.75. The van der Waals surface area contributed by atoms with Gasteiger partial charge in [-0.25, -0.2) is 0 Å². The monoisotopic (exact) mass is 496 g/mol. The summed E-state index contributed by atoms with van der Waals surface area (Å²) in [6, 6.07) is 29.7. The van der Waals surface area contributed by atoms with E-state index in [9.17, 15) is 0 Å². The fourth-order valence-corrected chi connectivity index (χ4v) is 6.33. The highest BCUT2D eigenvalue weighted by Gasteiger charge is 2.15. The Balaban J connectivity index is 0.000000230. The lowest BCUT2D eigenvalue weighted by atomic mass is 10.0. The van der Waals surface area contributed by atoms with Crippen LogP contribution in [0.4, 0.5) is 0 Å². The standard InChI is InChI=1S/C22H38Si.C13H10/c1-2-3-4-5-6-7-8-9-10-11-12-13-14-18-21-23-22-19-16-15-17-20-22;1-3-7-12-10(5-1)9-11-6-2-4-8-13(11)12/h15-17,19-20H,2-14,18,21H2,1H3;1-8H,9H2. The van der Waals surface area contributed by atoms with Crippen LogP contribution in [0.25, 0.3) is 11.1 Å². The molecule has 1 aliphatic carbocycles. The second-order valence-corrected chi connectivity index (χ2v) is 11.8.